The molecule has 0 saturated carbocycles. The molecule has 2 aromatic rings. The highest BCUT2D eigenvalue weighted by molar-refractivity contribution is 5.42. The van der Waals surface area contributed by atoms with Gasteiger partial charge in [-0.15, -0.1) is 0 Å². The summed E-state index contributed by atoms with van der Waals surface area (Å²) < 4.78 is 5.06. The van der Waals surface area contributed by atoms with Crippen LogP contribution in [0.2, 0.25) is 0 Å². The summed E-state index contributed by atoms with van der Waals surface area (Å²) in [4.78, 5) is 0. The number of fused-ring (bicyclic) bond motifs is 1. The van der Waals surface area contributed by atoms with Crippen LogP contribution in [0.5, 0.6) is 5.75 Å². The van der Waals surface area contributed by atoms with Crippen LogP contribution in [0, 0.1) is 0 Å². The van der Waals surface area contributed by atoms with E-state index in [0.29, 0.717) is 0 Å². The van der Waals surface area contributed by atoms with Gasteiger partial charge >= 0.3 is 5.97 Å². The van der Waals surface area contributed by atoms with Crippen molar-refractivity contribution in [2.45, 2.75) is 17.7 Å². The van der Waals surface area contributed by atoms with Gasteiger partial charge in [-0.1, -0.05) is 48.5 Å². The topological polar surface area (TPSA) is 90.2 Å². The first-order chi connectivity index (χ1) is 9.47. The number of hydrogen-bond acceptors (Lipinski definition) is 5. The minimum absolute atomic E-state index is 0.116. The average Bonchev–Trinajstić information content (AvgIpc) is 2.45. The zero-order valence-electron chi connectivity index (χ0n) is 10.5. The van der Waals surface area contributed by atoms with Gasteiger partial charge in [0.25, 0.3) is 0 Å². The molecule has 2 atom stereocenters. The van der Waals surface area contributed by atoms with E-state index in [0.717, 1.165) is 0 Å². The molecule has 0 spiro atoms. The van der Waals surface area contributed by atoms with Gasteiger partial charge in [-0.25, -0.2) is 0 Å². The summed E-state index contributed by atoms with van der Waals surface area (Å²) >= 11 is 0. The number of rotatable bonds is 1. The lowest BCUT2D eigenvalue weighted by Crippen LogP contribution is -2.61. The van der Waals surface area contributed by atoms with Gasteiger partial charge in [0.2, 0.25) is 5.60 Å². The number of hydrogen-bond donors (Lipinski definition) is 4. The van der Waals surface area contributed by atoms with Gasteiger partial charge in [-0.2, -0.15) is 0 Å². The summed E-state index contributed by atoms with van der Waals surface area (Å²) in [5.74, 6) is -2.83. The molecular weight excluding hydrogens is 260 g/mol. The van der Waals surface area contributed by atoms with Crippen LogP contribution in [-0.2, 0) is 5.60 Å². The number of para-hydroxylation sites is 1. The molecule has 5 nitrogen and oxygen atoms in total. The smallest absolute Gasteiger partial charge is 0.360 e. The van der Waals surface area contributed by atoms with Gasteiger partial charge in [0.05, 0.1) is 0 Å². The van der Waals surface area contributed by atoms with Gasteiger partial charge in [0, 0.05) is 5.56 Å². The molecule has 0 aliphatic carbocycles. The highest BCUT2D eigenvalue weighted by Gasteiger charge is 2.61. The summed E-state index contributed by atoms with van der Waals surface area (Å²) in [6.45, 7) is 0. The first-order valence-corrected chi connectivity index (χ1v) is 6.15. The van der Waals surface area contributed by atoms with E-state index < -0.39 is 17.7 Å². The van der Waals surface area contributed by atoms with Crippen LogP contribution in [0.15, 0.2) is 54.6 Å². The first kappa shape index (κ1) is 13.1. The summed E-state index contributed by atoms with van der Waals surface area (Å²) in [6, 6.07) is 14.3. The van der Waals surface area contributed by atoms with E-state index in [2.05, 4.69) is 0 Å². The van der Waals surface area contributed by atoms with Crippen molar-refractivity contribution in [2.75, 3.05) is 0 Å². The van der Waals surface area contributed by atoms with Crippen LogP contribution in [-0.4, -0.2) is 26.4 Å². The van der Waals surface area contributed by atoms with Crippen LogP contribution in [0.25, 0.3) is 0 Å². The molecule has 3 rings (SSSR count). The molecule has 104 valence electrons. The maximum Gasteiger partial charge on any atom is 0.360 e. The SMILES string of the molecule is OC1c2ccccc2OC(O)(O)C1(O)c1ccccc1. The van der Waals surface area contributed by atoms with Gasteiger partial charge in [0.1, 0.15) is 11.9 Å². The Labute approximate surface area is 115 Å². The largest absolute Gasteiger partial charge is 0.436 e. The van der Waals surface area contributed by atoms with E-state index in [1.165, 1.54) is 18.2 Å². The third-order valence-electron chi connectivity index (χ3n) is 3.57. The van der Waals surface area contributed by atoms with E-state index in [1.54, 1.807) is 36.4 Å². The molecule has 5 heteroatoms. The van der Waals surface area contributed by atoms with Gasteiger partial charge in [-0.3, -0.25) is 0 Å². The maximum atomic E-state index is 10.7. The third-order valence-corrected chi connectivity index (χ3v) is 3.57. The Hall–Kier alpha value is -1.92. The van der Waals surface area contributed by atoms with Crippen LogP contribution in [0.4, 0.5) is 0 Å². The van der Waals surface area contributed by atoms with Crippen molar-refractivity contribution in [3.63, 3.8) is 0 Å². The Bertz CT molecular complexity index is 625. The summed E-state index contributed by atoms with van der Waals surface area (Å²) in [5.41, 5.74) is -1.95. The van der Waals surface area contributed by atoms with Crippen molar-refractivity contribution in [2.24, 2.45) is 0 Å². The Morgan fingerprint density at radius 3 is 2.15 bits per heavy atom. The van der Waals surface area contributed by atoms with Gasteiger partial charge in [0.15, 0.2) is 0 Å². The fraction of sp³-hybridized carbons (Fsp3) is 0.200. The molecule has 1 aliphatic heterocycles. The molecule has 2 unspecified atom stereocenters. The zero-order chi connectivity index (χ0) is 14.4. The van der Waals surface area contributed by atoms with Crippen LogP contribution in [0.3, 0.4) is 0 Å². The normalized spacial score (nSPS) is 27.5. The first-order valence-electron chi connectivity index (χ1n) is 6.15. The molecule has 1 aliphatic rings. The second-order valence-corrected chi connectivity index (χ2v) is 4.78. The van der Waals surface area contributed by atoms with Crippen LogP contribution < -0.4 is 4.74 Å². The summed E-state index contributed by atoms with van der Waals surface area (Å²) in [6.07, 6.45) is -1.54. The zero-order valence-corrected chi connectivity index (χ0v) is 10.5. The number of aliphatic hydroxyl groups is 4. The Kier molecular flexibility index (Phi) is 2.81. The van der Waals surface area contributed by atoms with E-state index in [9.17, 15) is 20.4 Å². The van der Waals surface area contributed by atoms with Crippen molar-refractivity contribution < 1.29 is 25.2 Å². The molecule has 0 bridgehead atoms. The van der Waals surface area contributed by atoms with Gasteiger partial charge < -0.3 is 25.2 Å². The minimum atomic E-state index is -2.94. The van der Waals surface area contributed by atoms with Crippen molar-refractivity contribution in [3.8, 4) is 5.75 Å². The van der Waals surface area contributed by atoms with Crippen LogP contribution in [0.1, 0.15) is 17.2 Å². The lowest BCUT2D eigenvalue weighted by molar-refractivity contribution is -0.407. The Morgan fingerprint density at radius 2 is 1.45 bits per heavy atom. The lowest BCUT2D eigenvalue weighted by Gasteiger charge is -2.45. The second-order valence-electron chi connectivity index (χ2n) is 4.78. The second kappa shape index (κ2) is 4.29. The Balaban J connectivity index is 2.21. The molecule has 0 saturated heterocycles. The molecule has 2 aromatic carbocycles. The van der Waals surface area contributed by atoms with Crippen molar-refractivity contribution in [1.29, 1.82) is 0 Å². The molecular formula is C15H14O5. The molecule has 0 fully saturated rings. The van der Waals surface area contributed by atoms with E-state index >= 15 is 0 Å². The minimum Gasteiger partial charge on any atom is -0.436 e. The molecule has 0 radical (unpaired) electrons. The summed E-state index contributed by atoms with van der Waals surface area (Å²) in [7, 11) is 0. The standard InChI is InChI=1S/C15H14O5/c16-13-11-8-4-5-9-12(11)20-15(18,19)14(13,17)10-6-2-1-3-7-10/h1-9,13,16-19H. The van der Waals surface area contributed by atoms with E-state index in [-0.39, 0.29) is 16.9 Å². The fourth-order valence-corrected chi connectivity index (χ4v) is 2.47. The number of aliphatic hydroxyl groups excluding tert-OH is 1. The predicted molar refractivity (Wildman–Crippen MR) is 69.5 cm³/mol. The number of benzene rings is 2. The molecule has 1 heterocycles. The van der Waals surface area contributed by atoms with Crippen LogP contribution >= 0.6 is 0 Å². The quantitative estimate of drug-likeness (QED) is 0.573. The van der Waals surface area contributed by atoms with Crippen molar-refractivity contribution in [1.82, 2.24) is 0 Å². The molecule has 20 heavy (non-hydrogen) atoms. The monoisotopic (exact) mass is 274 g/mol. The molecule has 4 N–H and O–H groups in total. The Morgan fingerprint density at radius 1 is 0.850 bits per heavy atom. The highest BCUT2D eigenvalue weighted by Crippen LogP contribution is 2.49. The highest BCUT2D eigenvalue weighted by atomic mass is 16.8. The molecule has 0 amide bonds. The third kappa shape index (κ3) is 1.65. The average molecular weight is 274 g/mol. The fourth-order valence-electron chi connectivity index (χ4n) is 2.47. The maximum absolute atomic E-state index is 10.7. The van der Waals surface area contributed by atoms with E-state index in [4.69, 9.17) is 4.74 Å². The van der Waals surface area contributed by atoms with E-state index in [1.807, 2.05) is 0 Å². The van der Waals surface area contributed by atoms with Crippen molar-refractivity contribution >= 4 is 0 Å². The number of ether oxygens (including phenoxy) is 1. The predicted octanol–water partition coefficient (Wildman–Crippen LogP) is 0.639. The lowest BCUT2D eigenvalue weighted by atomic mass is 9.80. The molecule has 0 aromatic heterocycles. The summed E-state index contributed by atoms with van der Waals surface area (Å²) in [5, 5.41) is 41.3. The van der Waals surface area contributed by atoms with Crippen molar-refractivity contribution in [3.05, 3.63) is 65.7 Å². The van der Waals surface area contributed by atoms with Gasteiger partial charge in [-0.05, 0) is 11.6 Å².